The summed E-state index contributed by atoms with van der Waals surface area (Å²) in [4.78, 5) is 20.2. The molecule has 1 saturated carbocycles. The Morgan fingerprint density at radius 3 is 2.80 bits per heavy atom. The van der Waals surface area contributed by atoms with Gasteiger partial charge in [-0.1, -0.05) is 6.42 Å². The number of imidazole rings is 1. The molecule has 9 nitrogen and oxygen atoms in total. The number of nitrogens with zero attached hydrogens (tertiary/aromatic N) is 6. The second-order valence-electron chi connectivity index (χ2n) is 7.86. The quantitative estimate of drug-likeness (QED) is 0.689. The minimum atomic E-state index is 0.251. The molecule has 0 spiro atoms. The van der Waals surface area contributed by atoms with Gasteiger partial charge in [0.2, 0.25) is 5.95 Å². The Bertz CT molecular complexity index is 1060. The number of rotatable bonds is 5. The zero-order valence-corrected chi connectivity index (χ0v) is 17.4. The van der Waals surface area contributed by atoms with Gasteiger partial charge in [0.1, 0.15) is 12.9 Å². The van der Waals surface area contributed by atoms with Crippen LogP contribution in [-0.4, -0.2) is 51.3 Å². The first-order valence-corrected chi connectivity index (χ1v) is 10.2. The standard InChI is InChI=1S/C21H25N7O2/c1-13-11-30-18-9-23-21(26-20(18)27(13)2)25-15-7-17(29-3)19(22-8-15)28-10-16(24-12-28)14-5-4-6-14/h7-10,12-14H,4-6,11H2,1-3H3,(H,23,25,26). The zero-order valence-electron chi connectivity index (χ0n) is 17.4. The Balaban J connectivity index is 1.39. The molecule has 1 aliphatic carbocycles. The Labute approximate surface area is 175 Å². The molecule has 0 bridgehead atoms. The fourth-order valence-electron chi connectivity index (χ4n) is 3.66. The number of pyridine rings is 1. The number of ether oxygens (including phenoxy) is 2. The van der Waals surface area contributed by atoms with Gasteiger partial charge in [0.25, 0.3) is 0 Å². The van der Waals surface area contributed by atoms with Gasteiger partial charge in [-0.15, -0.1) is 0 Å². The highest BCUT2D eigenvalue weighted by atomic mass is 16.5. The molecule has 4 heterocycles. The first-order valence-electron chi connectivity index (χ1n) is 10.2. The number of hydrogen-bond acceptors (Lipinski definition) is 8. The Kier molecular flexibility index (Phi) is 4.65. The molecule has 1 atom stereocenters. The first-order chi connectivity index (χ1) is 14.6. The number of anilines is 3. The van der Waals surface area contributed by atoms with Crippen molar-refractivity contribution in [2.24, 2.45) is 0 Å². The van der Waals surface area contributed by atoms with Crippen molar-refractivity contribution >= 4 is 17.5 Å². The Hall–Kier alpha value is -3.36. The van der Waals surface area contributed by atoms with Gasteiger partial charge in [-0.25, -0.2) is 15.0 Å². The first kappa shape index (κ1) is 18.7. The maximum Gasteiger partial charge on any atom is 0.229 e. The van der Waals surface area contributed by atoms with Crippen molar-refractivity contribution in [1.82, 2.24) is 24.5 Å². The number of methoxy groups -OCH3 is 1. The van der Waals surface area contributed by atoms with Gasteiger partial charge in [0.15, 0.2) is 23.1 Å². The van der Waals surface area contributed by atoms with Gasteiger partial charge >= 0.3 is 0 Å². The molecule has 0 radical (unpaired) electrons. The van der Waals surface area contributed by atoms with Gasteiger partial charge in [-0.3, -0.25) is 4.57 Å². The van der Waals surface area contributed by atoms with Crippen LogP contribution in [0.1, 0.15) is 37.8 Å². The third-order valence-electron chi connectivity index (χ3n) is 5.89. The van der Waals surface area contributed by atoms with Crippen molar-refractivity contribution < 1.29 is 9.47 Å². The molecular weight excluding hydrogens is 382 g/mol. The fourth-order valence-corrected chi connectivity index (χ4v) is 3.66. The minimum absolute atomic E-state index is 0.251. The SMILES string of the molecule is COc1cc(Nc2ncc3c(n2)N(C)C(C)CO3)cnc1-n1cnc(C2CCC2)c1. The van der Waals surface area contributed by atoms with E-state index in [-0.39, 0.29) is 6.04 Å². The lowest BCUT2D eigenvalue weighted by Crippen LogP contribution is -2.38. The van der Waals surface area contributed by atoms with Crippen molar-refractivity contribution in [3.8, 4) is 17.3 Å². The third kappa shape index (κ3) is 3.30. The molecule has 2 aliphatic rings. The lowest BCUT2D eigenvalue weighted by molar-refractivity contribution is 0.271. The van der Waals surface area contributed by atoms with Crippen molar-refractivity contribution in [3.05, 3.63) is 36.7 Å². The number of nitrogens with one attached hydrogen (secondary N) is 1. The summed E-state index contributed by atoms with van der Waals surface area (Å²) < 4.78 is 13.2. The molecule has 0 saturated heterocycles. The normalized spacial score (nSPS) is 18.4. The van der Waals surface area contributed by atoms with E-state index in [4.69, 9.17) is 9.47 Å². The number of likely N-dealkylation sites (N-methyl/N-ethyl adjacent to an activating group) is 1. The maximum atomic E-state index is 5.71. The van der Waals surface area contributed by atoms with Crippen molar-refractivity contribution in [2.45, 2.75) is 38.1 Å². The molecule has 1 fully saturated rings. The lowest BCUT2D eigenvalue weighted by Gasteiger charge is -2.32. The van der Waals surface area contributed by atoms with Gasteiger partial charge in [-0.2, -0.15) is 4.98 Å². The number of aromatic nitrogens is 5. The molecule has 5 rings (SSSR count). The van der Waals surface area contributed by atoms with Gasteiger partial charge in [-0.05, 0) is 19.8 Å². The topological polar surface area (TPSA) is 90.2 Å². The van der Waals surface area contributed by atoms with E-state index in [1.807, 2.05) is 23.9 Å². The van der Waals surface area contributed by atoms with E-state index in [1.54, 1.807) is 25.8 Å². The summed E-state index contributed by atoms with van der Waals surface area (Å²) in [5.74, 6) is 3.85. The average Bonchev–Trinajstić information content (AvgIpc) is 3.19. The predicted octanol–water partition coefficient (Wildman–Crippen LogP) is 3.29. The summed E-state index contributed by atoms with van der Waals surface area (Å²) in [5, 5.41) is 3.21. The summed E-state index contributed by atoms with van der Waals surface area (Å²) in [6, 6.07) is 2.14. The molecule has 1 N–H and O–H groups in total. The van der Waals surface area contributed by atoms with Crippen molar-refractivity contribution in [1.29, 1.82) is 0 Å². The second kappa shape index (κ2) is 7.47. The van der Waals surface area contributed by atoms with Crippen LogP contribution in [0.2, 0.25) is 0 Å². The summed E-state index contributed by atoms with van der Waals surface area (Å²) >= 11 is 0. The largest absolute Gasteiger partial charge is 0.493 e. The average molecular weight is 407 g/mol. The van der Waals surface area contributed by atoms with Crippen LogP contribution < -0.4 is 19.7 Å². The van der Waals surface area contributed by atoms with Gasteiger partial charge in [0, 0.05) is 25.2 Å². The Morgan fingerprint density at radius 1 is 1.17 bits per heavy atom. The minimum Gasteiger partial charge on any atom is -0.493 e. The van der Waals surface area contributed by atoms with Crippen LogP contribution in [0, 0.1) is 0 Å². The maximum absolute atomic E-state index is 5.71. The van der Waals surface area contributed by atoms with E-state index in [9.17, 15) is 0 Å². The lowest BCUT2D eigenvalue weighted by atomic mass is 9.83. The van der Waals surface area contributed by atoms with Crippen LogP contribution in [0.5, 0.6) is 11.5 Å². The van der Waals surface area contributed by atoms with E-state index in [1.165, 1.54) is 19.3 Å². The van der Waals surface area contributed by atoms with Crippen LogP contribution in [0.4, 0.5) is 17.5 Å². The fraction of sp³-hybridized carbons (Fsp3) is 0.429. The molecule has 9 heteroatoms. The molecule has 1 aliphatic heterocycles. The van der Waals surface area contributed by atoms with Crippen LogP contribution in [0.3, 0.4) is 0 Å². The third-order valence-corrected chi connectivity index (χ3v) is 5.89. The molecule has 0 aromatic carbocycles. The van der Waals surface area contributed by atoms with E-state index in [0.29, 0.717) is 35.8 Å². The van der Waals surface area contributed by atoms with Crippen LogP contribution in [0.25, 0.3) is 5.82 Å². The molecule has 156 valence electrons. The van der Waals surface area contributed by atoms with Crippen LogP contribution in [0.15, 0.2) is 31.0 Å². The van der Waals surface area contributed by atoms with E-state index < -0.39 is 0 Å². The molecule has 0 amide bonds. The van der Waals surface area contributed by atoms with Gasteiger partial charge < -0.3 is 19.7 Å². The monoisotopic (exact) mass is 407 g/mol. The van der Waals surface area contributed by atoms with Crippen LogP contribution in [-0.2, 0) is 0 Å². The van der Waals surface area contributed by atoms with Crippen molar-refractivity contribution in [3.63, 3.8) is 0 Å². The van der Waals surface area contributed by atoms with Crippen molar-refractivity contribution in [2.75, 3.05) is 31.0 Å². The summed E-state index contributed by atoms with van der Waals surface area (Å²) in [5.41, 5.74) is 1.86. The summed E-state index contributed by atoms with van der Waals surface area (Å²) in [6.45, 7) is 2.72. The Morgan fingerprint density at radius 2 is 2.03 bits per heavy atom. The van der Waals surface area contributed by atoms with E-state index in [2.05, 4.69) is 37.1 Å². The van der Waals surface area contributed by atoms with Gasteiger partial charge in [0.05, 0.1) is 36.9 Å². The van der Waals surface area contributed by atoms with Crippen LogP contribution >= 0.6 is 0 Å². The van der Waals surface area contributed by atoms with E-state index in [0.717, 1.165) is 17.2 Å². The molecule has 3 aromatic heterocycles. The number of hydrogen-bond donors (Lipinski definition) is 1. The molecular formula is C21H25N7O2. The molecule has 3 aromatic rings. The highest BCUT2D eigenvalue weighted by molar-refractivity contribution is 5.62. The predicted molar refractivity (Wildman–Crippen MR) is 113 cm³/mol. The molecule has 30 heavy (non-hydrogen) atoms. The highest BCUT2D eigenvalue weighted by Gasteiger charge is 2.24. The highest BCUT2D eigenvalue weighted by Crippen LogP contribution is 2.36. The molecule has 1 unspecified atom stereocenters. The summed E-state index contributed by atoms with van der Waals surface area (Å²) in [7, 11) is 3.64. The number of fused-ring (bicyclic) bond motifs is 1. The smallest absolute Gasteiger partial charge is 0.229 e. The second-order valence-corrected chi connectivity index (χ2v) is 7.86. The zero-order chi connectivity index (χ0) is 20.7. The summed E-state index contributed by atoms with van der Waals surface area (Å²) in [6.07, 6.45) is 11.0. The van der Waals surface area contributed by atoms with E-state index >= 15 is 0 Å².